The lowest BCUT2D eigenvalue weighted by atomic mass is 9.83. The van der Waals surface area contributed by atoms with Gasteiger partial charge in [-0.25, -0.2) is 4.39 Å². The monoisotopic (exact) mass is 393 g/mol. The first-order valence-corrected chi connectivity index (χ1v) is 9.31. The topological polar surface area (TPSA) is 100 Å². The molecule has 10 heteroatoms. The van der Waals surface area contributed by atoms with Crippen LogP contribution in [0.4, 0.5) is 10.1 Å². The molecule has 0 unspecified atom stereocenters. The number of likely N-dealkylation sites (N-methyl/N-ethyl adjacent to an activating group) is 1. The summed E-state index contributed by atoms with van der Waals surface area (Å²) in [5.41, 5.74) is -0.705. The Hall–Kier alpha value is -2.17. The molecule has 2 heterocycles. The highest BCUT2D eigenvalue weighted by Crippen LogP contribution is 2.38. The van der Waals surface area contributed by atoms with Crippen LogP contribution >= 0.6 is 0 Å². The molecular formula is C18H25BFN3O5. The highest BCUT2D eigenvalue weighted by atomic mass is 19.1. The zero-order valence-corrected chi connectivity index (χ0v) is 16.2. The van der Waals surface area contributed by atoms with E-state index in [1.54, 1.807) is 20.8 Å². The van der Waals surface area contributed by atoms with Crippen LogP contribution in [0.1, 0.15) is 19.8 Å². The van der Waals surface area contributed by atoms with Gasteiger partial charge in [0.05, 0.1) is 24.9 Å². The molecule has 2 aliphatic rings. The molecule has 1 aromatic rings. The quantitative estimate of drug-likeness (QED) is 0.649. The predicted molar refractivity (Wildman–Crippen MR) is 101 cm³/mol. The molecule has 3 N–H and O–H groups in total. The van der Waals surface area contributed by atoms with Crippen LogP contribution in [-0.4, -0.2) is 66.6 Å². The molecule has 0 bridgehead atoms. The fraction of sp³-hybridized carbons (Fsp3) is 0.556. The van der Waals surface area contributed by atoms with Gasteiger partial charge in [0.1, 0.15) is 23.2 Å². The smallest absolute Gasteiger partial charge is 0.376 e. The van der Waals surface area contributed by atoms with Crippen molar-refractivity contribution in [2.75, 3.05) is 25.6 Å². The second-order valence-corrected chi connectivity index (χ2v) is 7.32. The fourth-order valence-electron chi connectivity index (χ4n) is 3.48. The van der Waals surface area contributed by atoms with Crippen LogP contribution in [0.3, 0.4) is 0 Å². The number of amides is 2. The highest BCUT2D eigenvalue weighted by molar-refractivity contribution is 6.45. The number of rotatable bonds is 4. The lowest BCUT2D eigenvalue weighted by molar-refractivity contribution is -0.137. The number of nitrogens with one attached hydrogen (secondary N) is 2. The minimum atomic E-state index is -1.06. The van der Waals surface area contributed by atoms with Crippen LogP contribution in [0.5, 0.6) is 5.75 Å². The third kappa shape index (κ3) is 3.99. The molecule has 2 atom stereocenters. The third-order valence-electron chi connectivity index (χ3n) is 5.51. The Morgan fingerprint density at radius 1 is 1.46 bits per heavy atom. The van der Waals surface area contributed by atoms with Gasteiger partial charge in [0.15, 0.2) is 0 Å². The highest BCUT2D eigenvalue weighted by Gasteiger charge is 2.50. The largest absolute Gasteiger partial charge is 0.482 e. The molecule has 0 aromatic heterocycles. The molecule has 0 radical (unpaired) electrons. The number of benzene rings is 1. The number of ether oxygens (including phenoxy) is 2. The molecule has 1 aromatic carbocycles. The summed E-state index contributed by atoms with van der Waals surface area (Å²) in [6, 6.07) is 2.22. The van der Waals surface area contributed by atoms with E-state index in [0.717, 1.165) is 0 Å². The van der Waals surface area contributed by atoms with Gasteiger partial charge in [-0.3, -0.25) is 9.59 Å². The summed E-state index contributed by atoms with van der Waals surface area (Å²) in [6.45, 7) is 3.90. The van der Waals surface area contributed by atoms with Gasteiger partial charge in [-0.05, 0) is 32.9 Å². The lowest BCUT2D eigenvalue weighted by Crippen LogP contribution is -2.64. The number of fused-ring (bicyclic) bond motifs is 1. The zero-order chi connectivity index (χ0) is 20.5. The van der Waals surface area contributed by atoms with Gasteiger partial charge in [-0.2, -0.15) is 0 Å². The van der Waals surface area contributed by atoms with Gasteiger partial charge in [0.2, 0.25) is 5.91 Å². The summed E-state index contributed by atoms with van der Waals surface area (Å²) < 4.78 is 25.3. The molecule has 8 nitrogen and oxygen atoms in total. The van der Waals surface area contributed by atoms with E-state index in [1.165, 1.54) is 23.0 Å². The molecule has 2 amide bonds. The molecule has 0 saturated carbocycles. The van der Waals surface area contributed by atoms with Crippen LogP contribution in [0.2, 0.25) is 6.82 Å². The Morgan fingerprint density at radius 2 is 2.14 bits per heavy atom. The number of nitrogens with zero attached hydrogens (tertiary/aromatic N) is 1. The first kappa shape index (κ1) is 20.6. The van der Waals surface area contributed by atoms with E-state index in [9.17, 15) is 19.0 Å². The number of hydrogen-bond donors (Lipinski definition) is 3. The van der Waals surface area contributed by atoms with E-state index < -0.39 is 42.4 Å². The average molecular weight is 393 g/mol. The molecule has 3 rings (SSSR count). The normalized spacial score (nSPS) is 21.9. The number of hydrogen-bond acceptors (Lipinski definition) is 6. The third-order valence-corrected chi connectivity index (χ3v) is 5.51. The molecule has 2 aliphatic heterocycles. The summed E-state index contributed by atoms with van der Waals surface area (Å²) in [4.78, 5) is 27.2. The van der Waals surface area contributed by atoms with Gasteiger partial charge < -0.3 is 29.9 Å². The van der Waals surface area contributed by atoms with Crippen LogP contribution in [0, 0.1) is 5.82 Å². The minimum Gasteiger partial charge on any atom is -0.482 e. The van der Waals surface area contributed by atoms with Crippen molar-refractivity contribution in [2.24, 2.45) is 0 Å². The Balaban J connectivity index is 1.92. The van der Waals surface area contributed by atoms with E-state index in [0.29, 0.717) is 31.7 Å². The summed E-state index contributed by atoms with van der Waals surface area (Å²) in [6.07, 6.45) is 0.726. The second-order valence-electron chi connectivity index (χ2n) is 7.32. The molecular weight excluding hydrogens is 368 g/mol. The number of anilines is 1. The van der Waals surface area contributed by atoms with Crippen molar-refractivity contribution >= 4 is 24.6 Å². The van der Waals surface area contributed by atoms with Gasteiger partial charge in [-0.15, -0.1) is 0 Å². The van der Waals surface area contributed by atoms with Crippen LogP contribution in [0.25, 0.3) is 0 Å². The van der Waals surface area contributed by atoms with E-state index >= 15 is 0 Å². The Kier molecular flexibility index (Phi) is 5.92. The van der Waals surface area contributed by atoms with Crippen molar-refractivity contribution in [3.63, 3.8) is 0 Å². The SMILES string of the molecule is CB(O)N(C)[C@@H](C)C(=O)N[C@@H]1C(=O)Nc2ccc(F)cc2OC12CCOCC2. The second kappa shape index (κ2) is 8.06. The fourth-order valence-corrected chi connectivity index (χ4v) is 3.48. The number of carbonyl (C=O) groups excluding carboxylic acids is 2. The maximum atomic E-state index is 13.7. The lowest BCUT2D eigenvalue weighted by Gasteiger charge is -2.41. The Morgan fingerprint density at radius 3 is 2.79 bits per heavy atom. The summed E-state index contributed by atoms with van der Waals surface area (Å²) in [5, 5.41) is 15.2. The van der Waals surface area contributed by atoms with Crippen molar-refractivity contribution in [3.05, 3.63) is 24.0 Å². The maximum Gasteiger partial charge on any atom is 0.376 e. The van der Waals surface area contributed by atoms with E-state index in [-0.39, 0.29) is 5.75 Å². The number of carbonyl (C=O) groups is 2. The molecule has 0 aliphatic carbocycles. The van der Waals surface area contributed by atoms with Gasteiger partial charge in [0.25, 0.3) is 5.91 Å². The van der Waals surface area contributed by atoms with E-state index in [1.807, 2.05) is 0 Å². The van der Waals surface area contributed by atoms with Crippen molar-refractivity contribution in [2.45, 2.75) is 44.3 Å². The van der Waals surface area contributed by atoms with Crippen LogP contribution < -0.4 is 15.4 Å². The summed E-state index contributed by atoms with van der Waals surface area (Å²) >= 11 is 0. The van der Waals surface area contributed by atoms with Gasteiger partial charge >= 0.3 is 7.05 Å². The van der Waals surface area contributed by atoms with E-state index in [4.69, 9.17) is 9.47 Å². The Labute approximate surface area is 163 Å². The number of halogens is 1. The maximum absolute atomic E-state index is 13.7. The van der Waals surface area contributed by atoms with E-state index in [2.05, 4.69) is 10.6 Å². The molecule has 1 spiro atoms. The van der Waals surface area contributed by atoms with Crippen LogP contribution in [-0.2, 0) is 14.3 Å². The standard InChI is InChI=1S/C18H25BFN3O5/c1-11(23(3)19(2)26)16(24)22-15-17(25)21-13-5-4-12(20)10-14(13)28-18(15)6-8-27-9-7-18/h4-5,10-11,15,26H,6-9H2,1-3H3,(H,21,25)(H,22,24)/t11-,15+/m0/s1. The minimum absolute atomic E-state index is 0.223. The first-order valence-electron chi connectivity index (χ1n) is 9.31. The zero-order valence-electron chi connectivity index (χ0n) is 16.2. The molecule has 1 fully saturated rings. The Bertz CT molecular complexity index is 757. The summed E-state index contributed by atoms with van der Waals surface area (Å²) in [5.74, 6) is -1.12. The first-order chi connectivity index (χ1) is 13.2. The van der Waals surface area contributed by atoms with Gasteiger partial charge in [-0.1, -0.05) is 0 Å². The van der Waals surface area contributed by atoms with Gasteiger partial charge in [0, 0.05) is 18.9 Å². The molecule has 28 heavy (non-hydrogen) atoms. The van der Waals surface area contributed by atoms with Crippen molar-refractivity contribution < 1.29 is 28.5 Å². The molecule has 152 valence electrons. The van der Waals surface area contributed by atoms with Crippen molar-refractivity contribution in [3.8, 4) is 5.75 Å². The average Bonchev–Trinajstić information content (AvgIpc) is 2.76. The molecule has 1 saturated heterocycles. The van der Waals surface area contributed by atoms with Crippen molar-refractivity contribution in [1.82, 2.24) is 10.1 Å². The predicted octanol–water partition coefficient (Wildman–Crippen LogP) is 0.621. The van der Waals surface area contributed by atoms with Crippen LogP contribution in [0.15, 0.2) is 18.2 Å². The van der Waals surface area contributed by atoms with Crippen molar-refractivity contribution in [1.29, 1.82) is 0 Å². The summed E-state index contributed by atoms with van der Waals surface area (Å²) in [7, 11) is 0.783.